The first-order valence-corrected chi connectivity index (χ1v) is 9.46. The van der Waals surface area contributed by atoms with Crippen LogP contribution in [0.15, 0.2) is 60.8 Å². The molecule has 2 amide bonds. The van der Waals surface area contributed by atoms with Crippen molar-refractivity contribution in [3.63, 3.8) is 0 Å². The molecule has 3 aromatic rings. The van der Waals surface area contributed by atoms with E-state index >= 15 is 0 Å². The predicted molar refractivity (Wildman–Crippen MR) is 109 cm³/mol. The maximum absolute atomic E-state index is 12.6. The fraction of sp³-hybridized carbons (Fsp3) is 0.190. The van der Waals surface area contributed by atoms with E-state index in [-0.39, 0.29) is 11.8 Å². The van der Waals surface area contributed by atoms with Crippen molar-refractivity contribution in [1.29, 1.82) is 0 Å². The molecule has 1 saturated heterocycles. The van der Waals surface area contributed by atoms with Crippen LogP contribution in [0, 0.1) is 0 Å². The van der Waals surface area contributed by atoms with E-state index in [0.29, 0.717) is 29.4 Å². The summed E-state index contributed by atoms with van der Waals surface area (Å²) in [5, 5.41) is 7.81. The van der Waals surface area contributed by atoms with Crippen molar-refractivity contribution in [1.82, 2.24) is 9.78 Å². The molecule has 1 fully saturated rings. The van der Waals surface area contributed by atoms with E-state index in [1.807, 2.05) is 24.3 Å². The number of benzene rings is 2. The van der Waals surface area contributed by atoms with Crippen molar-refractivity contribution < 1.29 is 9.59 Å². The summed E-state index contributed by atoms with van der Waals surface area (Å²) in [5.41, 5.74) is 2.26. The van der Waals surface area contributed by atoms with Crippen molar-refractivity contribution in [2.45, 2.75) is 19.4 Å². The number of rotatable bonds is 5. The molecule has 0 bridgehead atoms. The number of hydrogen-bond donors (Lipinski definition) is 1. The highest BCUT2D eigenvalue weighted by Crippen LogP contribution is 2.22. The van der Waals surface area contributed by atoms with Crippen LogP contribution in [-0.2, 0) is 11.3 Å². The molecule has 7 heteroatoms. The van der Waals surface area contributed by atoms with Crippen molar-refractivity contribution in [3.8, 4) is 0 Å². The quantitative estimate of drug-likeness (QED) is 0.712. The highest BCUT2D eigenvalue weighted by Gasteiger charge is 2.21. The number of amides is 2. The molecule has 1 aliphatic rings. The van der Waals surface area contributed by atoms with Gasteiger partial charge in [0, 0.05) is 35.3 Å². The Bertz CT molecular complexity index is 1010. The van der Waals surface area contributed by atoms with Gasteiger partial charge in [-0.1, -0.05) is 29.8 Å². The lowest BCUT2D eigenvalue weighted by atomic mass is 10.2. The van der Waals surface area contributed by atoms with Crippen molar-refractivity contribution in [2.24, 2.45) is 0 Å². The number of hydrogen-bond acceptors (Lipinski definition) is 3. The Hall–Kier alpha value is -3.12. The van der Waals surface area contributed by atoms with Gasteiger partial charge in [0.05, 0.1) is 12.7 Å². The Morgan fingerprint density at radius 1 is 1.11 bits per heavy atom. The minimum atomic E-state index is -0.236. The van der Waals surface area contributed by atoms with E-state index in [1.54, 1.807) is 46.1 Å². The molecule has 4 rings (SSSR count). The SMILES string of the molecule is O=C(Nc1ccnn1Cc1ccccc1Cl)c1ccc(N2CCCC2=O)cc1. The zero-order valence-electron chi connectivity index (χ0n) is 15.1. The number of aromatic nitrogens is 2. The molecule has 1 aromatic heterocycles. The van der Waals surface area contributed by atoms with Crippen LogP contribution in [0.1, 0.15) is 28.8 Å². The molecule has 0 atom stereocenters. The van der Waals surface area contributed by atoms with E-state index in [2.05, 4.69) is 10.4 Å². The maximum Gasteiger partial charge on any atom is 0.256 e. The van der Waals surface area contributed by atoms with Crippen LogP contribution in [0.5, 0.6) is 0 Å². The smallest absolute Gasteiger partial charge is 0.256 e. The molecule has 0 unspecified atom stereocenters. The summed E-state index contributed by atoms with van der Waals surface area (Å²) in [5.74, 6) is 0.476. The van der Waals surface area contributed by atoms with Crippen LogP contribution in [0.4, 0.5) is 11.5 Å². The molecule has 6 nitrogen and oxygen atoms in total. The second-order valence-electron chi connectivity index (χ2n) is 6.62. The van der Waals surface area contributed by atoms with Crippen LogP contribution in [0.25, 0.3) is 0 Å². The van der Waals surface area contributed by atoms with Crippen LogP contribution >= 0.6 is 11.6 Å². The van der Waals surface area contributed by atoms with E-state index < -0.39 is 0 Å². The molecule has 1 aliphatic heterocycles. The third-order valence-corrected chi connectivity index (χ3v) is 5.12. The number of carbonyl (C=O) groups excluding carboxylic acids is 2. The monoisotopic (exact) mass is 394 g/mol. The molecule has 28 heavy (non-hydrogen) atoms. The lowest BCUT2D eigenvalue weighted by Gasteiger charge is -2.16. The molecular formula is C21H19ClN4O2. The minimum absolute atomic E-state index is 0.126. The highest BCUT2D eigenvalue weighted by atomic mass is 35.5. The Balaban J connectivity index is 1.46. The fourth-order valence-corrected chi connectivity index (χ4v) is 3.45. The first kappa shape index (κ1) is 18.3. The zero-order valence-corrected chi connectivity index (χ0v) is 15.9. The third-order valence-electron chi connectivity index (χ3n) is 4.75. The van der Waals surface area contributed by atoms with Crippen molar-refractivity contribution in [2.75, 3.05) is 16.8 Å². The Morgan fingerprint density at radius 3 is 2.61 bits per heavy atom. The van der Waals surface area contributed by atoms with E-state index in [0.717, 1.165) is 24.2 Å². The average Bonchev–Trinajstić information content (AvgIpc) is 3.32. The van der Waals surface area contributed by atoms with Crippen molar-refractivity contribution >= 4 is 34.9 Å². The van der Waals surface area contributed by atoms with Gasteiger partial charge in [0.15, 0.2) is 0 Å². The molecule has 2 aromatic carbocycles. The number of nitrogens with one attached hydrogen (secondary N) is 1. The molecule has 142 valence electrons. The molecule has 1 N–H and O–H groups in total. The molecule has 0 spiro atoms. The molecular weight excluding hydrogens is 376 g/mol. The summed E-state index contributed by atoms with van der Waals surface area (Å²) in [4.78, 5) is 26.2. The fourth-order valence-electron chi connectivity index (χ4n) is 3.26. The van der Waals surface area contributed by atoms with Gasteiger partial charge < -0.3 is 10.2 Å². The normalized spacial score (nSPS) is 13.8. The lowest BCUT2D eigenvalue weighted by Crippen LogP contribution is -2.23. The summed E-state index contributed by atoms with van der Waals surface area (Å²) in [7, 11) is 0. The average molecular weight is 395 g/mol. The Morgan fingerprint density at radius 2 is 1.89 bits per heavy atom. The van der Waals surface area contributed by atoms with Gasteiger partial charge in [0.1, 0.15) is 5.82 Å². The van der Waals surface area contributed by atoms with Crippen LogP contribution < -0.4 is 10.2 Å². The second kappa shape index (κ2) is 7.86. The van der Waals surface area contributed by atoms with Gasteiger partial charge in [0.2, 0.25) is 5.91 Å². The molecule has 0 radical (unpaired) electrons. The van der Waals surface area contributed by atoms with Gasteiger partial charge in [-0.25, -0.2) is 4.68 Å². The van der Waals surface area contributed by atoms with Crippen LogP contribution in [0.3, 0.4) is 0 Å². The van der Waals surface area contributed by atoms with Crippen LogP contribution in [0.2, 0.25) is 5.02 Å². The summed E-state index contributed by atoms with van der Waals surface area (Å²) in [6.07, 6.45) is 3.09. The largest absolute Gasteiger partial charge is 0.312 e. The number of carbonyl (C=O) groups is 2. The summed E-state index contributed by atoms with van der Waals surface area (Å²) < 4.78 is 1.69. The van der Waals surface area contributed by atoms with E-state index in [9.17, 15) is 9.59 Å². The number of anilines is 2. The third kappa shape index (κ3) is 3.77. The summed E-state index contributed by atoms with van der Waals surface area (Å²) in [6, 6.07) is 16.3. The van der Waals surface area contributed by atoms with Gasteiger partial charge in [-0.2, -0.15) is 5.10 Å². The van der Waals surface area contributed by atoms with Gasteiger partial charge in [-0.3, -0.25) is 9.59 Å². The topological polar surface area (TPSA) is 67.2 Å². The number of halogens is 1. The van der Waals surface area contributed by atoms with Gasteiger partial charge in [0.25, 0.3) is 5.91 Å². The summed E-state index contributed by atoms with van der Waals surface area (Å²) in [6.45, 7) is 1.18. The first-order chi connectivity index (χ1) is 13.6. The van der Waals surface area contributed by atoms with Gasteiger partial charge in [-0.05, 0) is 42.3 Å². The van der Waals surface area contributed by atoms with Crippen LogP contribution in [-0.4, -0.2) is 28.1 Å². The predicted octanol–water partition coefficient (Wildman–Crippen LogP) is 3.96. The lowest BCUT2D eigenvalue weighted by molar-refractivity contribution is -0.117. The zero-order chi connectivity index (χ0) is 19.5. The van der Waals surface area contributed by atoms with E-state index in [1.165, 1.54) is 0 Å². The molecule has 0 aliphatic carbocycles. The maximum atomic E-state index is 12.6. The van der Waals surface area contributed by atoms with Gasteiger partial charge in [-0.15, -0.1) is 0 Å². The first-order valence-electron chi connectivity index (χ1n) is 9.09. The summed E-state index contributed by atoms with van der Waals surface area (Å²) >= 11 is 6.22. The molecule has 0 saturated carbocycles. The number of nitrogens with zero attached hydrogens (tertiary/aromatic N) is 3. The standard InChI is InChI=1S/C21H19ClN4O2/c22-18-5-2-1-4-16(18)14-26-19(11-12-23-26)24-21(28)15-7-9-17(10-8-15)25-13-3-6-20(25)27/h1-2,4-5,7-12H,3,6,13-14H2,(H,24,28). The molecule has 2 heterocycles. The Kier molecular flexibility index (Phi) is 5.12. The Labute approximate surface area is 167 Å². The van der Waals surface area contributed by atoms with Crippen molar-refractivity contribution in [3.05, 3.63) is 76.9 Å². The minimum Gasteiger partial charge on any atom is -0.312 e. The highest BCUT2D eigenvalue weighted by molar-refractivity contribution is 6.31. The van der Waals surface area contributed by atoms with Gasteiger partial charge >= 0.3 is 0 Å². The second-order valence-corrected chi connectivity index (χ2v) is 7.02. The van der Waals surface area contributed by atoms with E-state index in [4.69, 9.17) is 11.6 Å².